The average molecular weight is 143 g/mol. The van der Waals surface area contributed by atoms with Crippen molar-refractivity contribution < 1.29 is 4.74 Å². The molecule has 0 atom stereocenters. The Morgan fingerprint density at radius 1 is 1.30 bits per heavy atom. The summed E-state index contributed by atoms with van der Waals surface area (Å²) < 4.78 is 5.54. The molecular weight excluding hydrogens is 124 g/mol. The number of rotatable bonds is 6. The fraction of sp³-hybridized carbons (Fsp3) is 0.889. The van der Waals surface area contributed by atoms with Crippen molar-refractivity contribution >= 4 is 0 Å². The molecule has 0 heterocycles. The second-order valence-electron chi connectivity index (χ2n) is 2.52. The van der Waals surface area contributed by atoms with Crippen LogP contribution in [0.5, 0.6) is 0 Å². The summed E-state index contributed by atoms with van der Waals surface area (Å²) in [6, 6.07) is 0. The first-order valence-corrected chi connectivity index (χ1v) is 4.26. The van der Waals surface area contributed by atoms with Gasteiger partial charge in [0.05, 0.1) is 6.10 Å². The minimum atomic E-state index is 0.478. The molecule has 0 aromatic rings. The highest BCUT2D eigenvalue weighted by atomic mass is 16.5. The van der Waals surface area contributed by atoms with Crippen molar-refractivity contribution in [2.75, 3.05) is 6.61 Å². The molecule has 0 aliphatic rings. The van der Waals surface area contributed by atoms with E-state index in [4.69, 9.17) is 4.74 Å². The number of hydrogen-bond donors (Lipinski definition) is 0. The summed E-state index contributed by atoms with van der Waals surface area (Å²) in [6.07, 6.45) is 4.82. The lowest BCUT2D eigenvalue weighted by atomic mass is 10.2. The third kappa shape index (κ3) is 4.80. The molecule has 1 nitrogen and oxygen atoms in total. The summed E-state index contributed by atoms with van der Waals surface area (Å²) in [5.74, 6) is 0. The van der Waals surface area contributed by atoms with E-state index in [-0.39, 0.29) is 0 Å². The van der Waals surface area contributed by atoms with Gasteiger partial charge in [-0.05, 0) is 19.3 Å². The van der Waals surface area contributed by atoms with Crippen LogP contribution < -0.4 is 0 Å². The van der Waals surface area contributed by atoms with Gasteiger partial charge >= 0.3 is 0 Å². The SMILES string of the molecule is [CH2]CCCOC(CC)CC. The molecule has 0 unspecified atom stereocenters. The number of unbranched alkanes of at least 4 members (excludes halogenated alkanes) is 1. The largest absolute Gasteiger partial charge is 0.378 e. The zero-order valence-corrected chi connectivity index (χ0v) is 7.23. The van der Waals surface area contributed by atoms with E-state index < -0.39 is 0 Å². The normalized spacial score (nSPS) is 10.8. The second kappa shape index (κ2) is 7.07. The molecule has 61 valence electrons. The average Bonchev–Trinajstić information content (AvgIpc) is 1.99. The predicted octanol–water partition coefficient (Wildman–Crippen LogP) is 2.81. The Morgan fingerprint density at radius 3 is 2.30 bits per heavy atom. The van der Waals surface area contributed by atoms with Gasteiger partial charge in [0.25, 0.3) is 0 Å². The maximum absolute atomic E-state index is 5.54. The van der Waals surface area contributed by atoms with E-state index >= 15 is 0 Å². The molecule has 0 aromatic heterocycles. The van der Waals surface area contributed by atoms with Gasteiger partial charge in [-0.3, -0.25) is 0 Å². The van der Waals surface area contributed by atoms with E-state index in [1.54, 1.807) is 0 Å². The quantitative estimate of drug-likeness (QED) is 0.519. The molecule has 1 heteroatoms. The van der Waals surface area contributed by atoms with Crippen molar-refractivity contribution in [3.05, 3.63) is 6.92 Å². The zero-order chi connectivity index (χ0) is 7.82. The summed E-state index contributed by atoms with van der Waals surface area (Å²) in [7, 11) is 0. The van der Waals surface area contributed by atoms with Crippen LogP contribution in [0.25, 0.3) is 0 Å². The Balaban J connectivity index is 3.09. The molecule has 0 bridgehead atoms. The van der Waals surface area contributed by atoms with E-state index in [0.29, 0.717) is 6.10 Å². The van der Waals surface area contributed by atoms with Gasteiger partial charge in [0.15, 0.2) is 0 Å². The lowest BCUT2D eigenvalue weighted by molar-refractivity contribution is 0.0471. The molecule has 0 spiro atoms. The molecular formula is C9H19O. The lowest BCUT2D eigenvalue weighted by Gasteiger charge is -2.12. The first-order valence-electron chi connectivity index (χ1n) is 4.26. The third-order valence-corrected chi connectivity index (χ3v) is 1.66. The molecule has 1 radical (unpaired) electrons. The smallest absolute Gasteiger partial charge is 0.0569 e. The molecule has 0 saturated carbocycles. The molecule has 0 amide bonds. The van der Waals surface area contributed by atoms with Crippen molar-refractivity contribution in [2.45, 2.75) is 45.6 Å². The topological polar surface area (TPSA) is 9.23 Å². The molecule has 0 aromatic carbocycles. The van der Waals surface area contributed by atoms with Gasteiger partial charge < -0.3 is 4.74 Å². The van der Waals surface area contributed by atoms with Gasteiger partial charge in [0, 0.05) is 6.61 Å². The summed E-state index contributed by atoms with van der Waals surface area (Å²) in [5.41, 5.74) is 0. The minimum Gasteiger partial charge on any atom is -0.378 e. The molecule has 0 aliphatic heterocycles. The third-order valence-electron chi connectivity index (χ3n) is 1.66. The molecule has 0 rings (SSSR count). The molecule has 0 aliphatic carbocycles. The van der Waals surface area contributed by atoms with Gasteiger partial charge in [0.1, 0.15) is 0 Å². The predicted molar refractivity (Wildman–Crippen MR) is 44.9 cm³/mol. The van der Waals surface area contributed by atoms with Gasteiger partial charge in [-0.1, -0.05) is 27.2 Å². The fourth-order valence-electron chi connectivity index (χ4n) is 0.876. The highest BCUT2D eigenvalue weighted by molar-refractivity contribution is 4.51. The van der Waals surface area contributed by atoms with Crippen LogP contribution >= 0.6 is 0 Å². The van der Waals surface area contributed by atoms with Crippen LogP contribution in [0.1, 0.15) is 39.5 Å². The Hall–Kier alpha value is -0.0400. The van der Waals surface area contributed by atoms with Crippen molar-refractivity contribution in [1.82, 2.24) is 0 Å². The summed E-state index contributed by atoms with van der Waals surface area (Å²) in [6.45, 7) is 8.97. The highest BCUT2D eigenvalue weighted by Gasteiger charge is 2.00. The Bertz CT molecular complexity index is 57.7. The molecule has 0 N–H and O–H groups in total. The van der Waals surface area contributed by atoms with Crippen molar-refractivity contribution in [1.29, 1.82) is 0 Å². The van der Waals surface area contributed by atoms with Crippen LogP contribution in [0, 0.1) is 6.92 Å². The van der Waals surface area contributed by atoms with Crippen LogP contribution in [0.15, 0.2) is 0 Å². The number of ether oxygens (including phenoxy) is 1. The van der Waals surface area contributed by atoms with E-state index in [0.717, 1.165) is 32.3 Å². The van der Waals surface area contributed by atoms with Gasteiger partial charge in [0.2, 0.25) is 0 Å². The minimum absolute atomic E-state index is 0.478. The Morgan fingerprint density at radius 2 is 1.90 bits per heavy atom. The maximum atomic E-state index is 5.54. The van der Waals surface area contributed by atoms with E-state index in [2.05, 4.69) is 20.8 Å². The lowest BCUT2D eigenvalue weighted by Crippen LogP contribution is -2.10. The number of hydrogen-bond acceptors (Lipinski definition) is 1. The van der Waals surface area contributed by atoms with Crippen LogP contribution in [0.4, 0.5) is 0 Å². The second-order valence-corrected chi connectivity index (χ2v) is 2.52. The van der Waals surface area contributed by atoms with Crippen LogP contribution in [-0.4, -0.2) is 12.7 Å². The maximum Gasteiger partial charge on any atom is 0.0569 e. The van der Waals surface area contributed by atoms with Crippen molar-refractivity contribution in [2.24, 2.45) is 0 Å². The highest BCUT2D eigenvalue weighted by Crippen LogP contribution is 2.03. The Kier molecular flexibility index (Phi) is 7.04. The molecule has 0 saturated heterocycles. The first-order chi connectivity index (χ1) is 4.85. The van der Waals surface area contributed by atoms with Gasteiger partial charge in [-0.25, -0.2) is 0 Å². The van der Waals surface area contributed by atoms with Crippen molar-refractivity contribution in [3.8, 4) is 0 Å². The standard InChI is InChI=1S/C9H19O/c1-4-7-8-10-9(5-2)6-3/h9H,1,4-8H2,2-3H3. The van der Waals surface area contributed by atoms with E-state index in [1.807, 2.05) is 0 Å². The van der Waals surface area contributed by atoms with E-state index in [1.165, 1.54) is 0 Å². The van der Waals surface area contributed by atoms with Crippen LogP contribution in [-0.2, 0) is 4.74 Å². The summed E-state index contributed by atoms with van der Waals surface area (Å²) in [4.78, 5) is 0. The monoisotopic (exact) mass is 143 g/mol. The summed E-state index contributed by atoms with van der Waals surface area (Å²) >= 11 is 0. The fourth-order valence-corrected chi connectivity index (χ4v) is 0.876. The summed E-state index contributed by atoms with van der Waals surface area (Å²) in [5, 5.41) is 0. The van der Waals surface area contributed by atoms with Gasteiger partial charge in [-0.15, -0.1) is 0 Å². The first kappa shape index (κ1) is 9.96. The Labute approximate surface area is 64.8 Å². The zero-order valence-electron chi connectivity index (χ0n) is 7.23. The van der Waals surface area contributed by atoms with Crippen molar-refractivity contribution in [3.63, 3.8) is 0 Å². The van der Waals surface area contributed by atoms with Crippen LogP contribution in [0.3, 0.4) is 0 Å². The van der Waals surface area contributed by atoms with Gasteiger partial charge in [-0.2, -0.15) is 0 Å². The molecule has 0 fully saturated rings. The van der Waals surface area contributed by atoms with E-state index in [9.17, 15) is 0 Å². The molecule has 10 heavy (non-hydrogen) atoms. The van der Waals surface area contributed by atoms with Crippen LogP contribution in [0.2, 0.25) is 0 Å².